The number of hydrogen-bond acceptors (Lipinski definition) is 3. The van der Waals surface area contributed by atoms with Crippen LogP contribution in [0.25, 0.3) is 0 Å². The van der Waals surface area contributed by atoms with Crippen molar-refractivity contribution in [3.63, 3.8) is 0 Å². The number of amides is 1. The number of nitrogens with one attached hydrogen (secondary N) is 2. The van der Waals surface area contributed by atoms with Gasteiger partial charge in [0.15, 0.2) is 5.11 Å². The van der Waals surface area contributed by atoms with Crippen molar-refractivity contribution in [3.05, 3.63) is 29.8 Å². The van der Waals surface area contributed by atoms with Crippen LogP contribution >= 0.6 is 12.2 Å². The highest BCUT2D eigenvalue weighted by molar-refractivity contribution is 7.80. The van der Waals surface area contributed by atoms with E-state index in [0.717, 1.165) is 0 Å². The smallest absolute Gasteiger partial charge is 0.250 e. The molecule has 1 aromatic carbocycles. The Labute approximate surface area is 105 Å². The molecule has 4 N–H and O–H groups in total. The van der Waals surface area contributed by atoms with Crippen molar-refractivity contribution >= 4 is 28.9 Å². The second-order valence-corrected chi connectivity index (χ2v) is 3.69. The Kier molecular flexibility index (Phi) is 5.38. The first-order chi connectivity index (χ1) is 8.15. The molecule has 1 aromatic rings. The van der Waals surface area contributed by atoms with Crippen LogP contribution in [-0.4, -0.2) is 31.3 Å². The normalized spacial score (nSPS) is 9.71. The van der Waals surface area contributed by atoms with Crippen molar-refractivity contribution < 1.29 is 9.53 Å². The van der Waals surface area contributed by atoms with E-state index in [0.29, 0.717) is 29.5 Å². The Morgan fingerprint density at radius 2 is 2.18 bits per heavy atom. The van der Waals surface area contributed by atoms with Gasteiger partial charge >= 0.3 is 0 Å². The number of nitrogens with two attached hydrogens (primary N) is 1. The number of anilines is 1. The summed E-state index contributed by atoms with van der Waals surface area (Å²) in [4.78, 5) is 11.2. The maximum atomic E-state index is 11.2. The van der Waals surface area contributed by atoms with Crippen LogP contribution in [0.4, 0.5) is 5.69 Å². The van der Waals surface area contributed by atoms with Crippen molar-refractivity contribution in [1.29, 1.82) is 0 Å². The first kappa shape index (κ1) is 13.4. The Morgan fingerprint density at radius 3 is 2.82 bits per heavy atom. The topological polar surface area (TPSA) is 76.4 Å². The molecule has 0 fully saturated rings. The third-order valence-corrected chi connectivity index (χ3v) is 2.28. The Bertz CT molecular complexity index is 409. The number of carbonyl (C=O) groups is 1. The second kappa shape index (κ2) is 6.82. The molecule has 0 unspecified atom stereocenters. The molecule has 0 aliphatic carbocycles. The molecule has 0 aromatic heterocycles. The number of benzene rings is 1. The minimum absolute atomic E-state index is 0.406. The molecule has 0 aliphatic heterocycles. The van der Waals surface area contributed by atoms with Crippen molar-refractivity contribution in [3.8, 4) is 0 Å². The molecule has 0 saturated heterocycles. The predicted molar refractivity (Wildman–Crippen MR) is 71.1 cm³/mol. The van der Waals surface area contributed by atoms with Gasteiger partial charge in [0.25, 0.3) is 5.91 Å². The Morgan fingerprint density at radius 1 is 1.47 bits per heavy atom. The third kappa shape index (κ3) is 4.38. The zero-order chi connectivity index (χ0) is 12.7. The number of primary amides is 1. The zero-order valence-electron chi connectivity index (χ0n) is 9.53. The third-order valence-electron chi connectivity index (χ3n) is 2.03. The summed E-state index contributed by atoms with van der Waals surface area (Å²) >= 11 is 5.07. The lowest BCUT2D eigenvalue weighted by Gasteiger charge is -2.12. The molecule has 17 heavy (non-hydrogen) atoms. The zero-order valence-corrected chi connectivity index (χ0v) is 10.3. The van der Waals surface area contributed by atoms with Crippen molar-refractivity contribution in [2.24, 2.45) is 5.73 Å². The summed E-state index contributed by atoms with van der Waals surface area (Å²) in [5.41, 5.74) is 6.25. The fourth-order valence-electron chi connectivity index (χ4n) is 1.24. The summed E-state index contributed by atoms with van der Waals surface area (Å²) < 4.78 is 4.88. The molecule has 5 nitrogen and oxygen atoms in total. The van der Waals surface area contributed by atoms with Crippen LogP contribution < -0.4 is 16.4 Å². The predicted octanol–water partition coefficient (Wildman–Crippen LogP) is 0.718. The van der Waals surface area contributed by atoms with Gasteiger partial charge in [0.05, 0.1) is 17.9 Å². The maximum absolute atomic E-state index is 11.2. The van der Waals surface area contributed by atoms with Gasteiger partial charge in [-0.15, -0.1) is 0 Å². The number of rotatable bonds is 5. The molecule has 0 bridgehead atoms. The lowest BCUT2D eigenvalue weighted by Crippen LogP contribution is -2.31. The van der Waals surface area contributed by atoms with Gasteiger partial charge in [-0.05, 0) is 24.4 Å². The number of thiocarbonyl (C=S) groups is 1. The van der Waals surface area contributed by atoms with Crippen LogP contribution in [0, 0.1) is 0 Å². The number of methoxy groups -OCH3 is 1. The van der Waals surface area contributed by atoms with Gasteiger partial charge in [0.2, 0.25) is 0 Å². The van der Waals surface area contributed by atoms with Crippen molar-refractivity contribution in [2.45, 2.75) is 0 Å². The van der Waals surface area contributed by atoms with Crippen LogP contribution in [0.15, 0.2) is 24.3 Å². The van der Waals surface area contributed by atoms with Crippen LogP contribution in [0.1, 0.15) is 10.4 Å². The number of para-hydroxylation sites is 1. The first-order valence-corrected chi connectivity index (χ1v) is 5.48. The lowest BCUT2D eigenvalue weighted by atomic mass is 10.1. The van der Waals surface area contributed by atoms with E-state index in [1.54, 1.807) is 31.4 Å². The van der Waals surface area contributed by atoms with E-state index in [9.17, 15) is 4.79 Å². The van der Waals surface area contributed by atoms with Gasteiger partial charge in [0, 0.05) is 13.7 Å². The van der Waals surface area contributed by atoms with Crippen LogP contribution in [-0.2, 0) is 4.74 Å². The van der Waals surface area contributed by atoms with E-state index in [1.807, 2.05) is 0 Å². The molecule has 92 valence electrons. The minimum atomic E-state index is -0.493. The molecular weight excluding hydrogens is 238 g/mol. The molecular formula is C11H15N3O2S. The highest BCUT2D eigenvalue weighted by Crippen LogP contribution is 2.13. The summed E-state index contributed by atoms with van der Waals surface area (Å²) in [5.74, 6) is -0.493. The maximum Gasteiger partial charge on any atom is 0.250 e. The van der Waals surface area contributed by atoms with E-state index in [2.05, 4.69) is 10.6 Å². The van der Waals surface area contributed by atoms with E-state index >= 15 is 0 Å². The van der Waals surface area contributed by atoms with Gasteiger partial charge in [-0.2, -0.15) is 0 Å². The summed E-state index contributed by atoms with van der Waals surface area (Å²) in [6, 6.07) is 6.92. The van der Waals surface area contributed by atoms with Crippen LogP contribution in [0.2, 0.25) is 0 Å². The highest BCUT2D eigenvalue weighted by atomic mass is 32.1. The first-order valence-electron chi connectivity index (χ1n) is 5.07. The van der Waals surface area contributed by atoms with Gasteiger partial charge in [0.1, 0.15) is 0 Å². The van der Waals surface area contributed by atoms with Gasteiger partial charge in [-0.1, -0.05) is 12.1 Å². The van der Waals surface area contributed by atoms with Crippen LogP contribution in [0.3, 0.4) is 0 Å². The molecule has 6 heteroatoms. The standard InChI is InChI=1S/C11H15N3O2S/c1-16-7-6-13-11(17)14-9-5-3-2-4-8(9)10(12)15/h2-5H,6-7H2,1H3,(H2,12,15)(H2,13,14,17). The van der Waals surface area contributed by atoms with Gasteiger partial charge in [-0.3, -0.25) is 4.79 Å². The molecule has 1 amide bonds. The molecule has 0 spiro atoms. The minimum Gasteiger partial charge on any atom is -0.383 e. The fraction of sp³-hybridized carbons (Fsp3) is 0.273. The largest absolute Gasteiger partial charge is 0.383 e. The molecule has 0 radical (unpaired) electrons. The molecule has 0 atom stereocenters. The number of carbonyl (C=O) groups excluding carboxylic acids is 1. The Balaban J connectivity index is 2.61. The summed E-state index contributed by atoms with van der Waals surface area (Å²) in [6.07, 6.45) is 0. The SMILES string of the molecule is COCCNC(=S)Nc1ccccc1C(N)=O. The quantitative estimate of drug-likeness (QED) is 0.532. The van der Waals surface area contributed by atoms with Gasteiger partial charge in [-0.25, -0.2) is 0 Å². The second-order valence-electron chi connectivity index (χ2n) is 3.28. The highest BCUT2D eigenvalue weighted by Gasteiger charge is 2.07. The van der Waals surface area contributed by atoms with Gasteiger partial charge < -0.3 is 21.1 Å². The average Bonchev–Trinajstić information content (AvgIpc) is 2.29. The lowest BCUT2D eigenvalue weighted by molar-refractivity contribution is 0.100. The summed E-state index contributed by atoms with van der Waals surface area (Å²) in [6.45, 7) is 1.15. The number of ether oxygens (including phenoxy) is 1. The van der Waals surface area contributed by atoms with Crippen molar-refractivity contribution in [1.82, 2.24) is 5.32 Å². The van der Waals surface area contributed by atoms with E-state index in [1.165, 1.54) is 0 Å². The van der Waals surface area contributed by atoms with Crippen molar-refractivity contribution in [2.75, 3.05) is 25.6 Å². The van der Waals surface area contributed by atoms with Crippen LogP contribution in [0.5, 0.6) is 0 Å². The molecule has 1 rings (SSSR count). The molecule has 0 saturated carbocycles. The van der Waals surface area contributed by atoms with E-state index in [4.69, 9.17) is 22.7 Å². The average molecular weight is 253 g/mol. The Hall–Kier alpha value is -1.66. The summed E-state index contributed by atoms with van der Waals surface area (Å²) in [7, 11) is 1.61. The fourth-order valence-corrected chi connectivity index (χ4v) is 1.45. The monoisotopic (exact) mass is 253 g/mol. The summed E-state index contributed by atoms with van der Waals surface area (Å²) in [5, 5.41) is 6.28. The number of hydrogen-bond donors (Lipinski definition) is 3. The molecule has 0 heterocycles. The van der Waals surface area contributed by atoms with E-state index < -0.39 is 5.91 Å². The molecule has 0 aliphatic rings. The van der Waals surface area contributed by atoms with E-state index in [-0.39, 0.29) is 0 Å².